The van der Waals surface area contributed by atoms with E-state index in [-0.39, 0.29) is 10.8 Å². The van der Waals surface area contributed by atoms with E-state index in [2.05, 4.69) is 11.8 Å². The first-order chi connectivity index (χ1) is 10.5. The van der Waals surface area contributed by atoms with Gasteiger partial charge in [0.25, 0.3) is 0 Å². The van der Waals surface area contributed by atoms with Crippen molar-refractivity contribution in [3.8, 4) is 0 Å². The lowest BCUT2D eigenvalue weighted by molar-refractivity contribution is -0.133. The van der Waals surface area contributed by atoms with Gasteiger partial charge in [-0.1, -0.05) is 25.1 Å². The molecule has 0 N–H and O–H groups in total. The second-order valence-electron chi connectivity index (χ2n) is 6.04. The van der Waals surface area contributed by atoms with Crippen LogP contribution in [0.3, 0.4) is 0 Å². The van der Waals surface area contributed by atoms with E-state index in [1.54, 1.807) is 35.2 Å². The van der Waals surface area contributed by atoms with Crippen LogP contribution in [0.25, 0.3) is 0 Å². The van der Waals surface area contributed by atoms with Crippen molar-refractivity contribution in [3.05, 3.63) is 30.3 Å². The van der Waals surface area contributed by atoms with Crippen LogP contribution in [0.1, 0.15) is 19.8 Å². The van der Waals surface area contributed by atoms with Gasteiger partial charge in [0.1, 0.15) is 0 Å². The van der Waals surface area contributed by atoms with Gasteiger partial charge < -0.3 is 9.80 Å². The smallest absolute Gasteiger partial charge is 0.244 e. The molecule has 2 fully saturated rings. The summed E-state index contributed by atoms with van der Waals surface area (Å²) in [4.78, 5) is 17.1. The highest BCUT2D eigenvalue weighted by molar-refractivity contribution is 7.94. The minimum Gasteiger partial charge on any atom is -0.339 e. The van der Waals surface area contributed by atoms with E-state index in [1.165, 1.54) is 0 Å². The van der Waals surface area contributed by atoms with Gasteiger partial charge in [-0.25, -0.2) is 8.42 Å². The van der Waals surface area contributed by atoms with Crippen LogP contribution in [0, 0.1) is 0 Å². The molecule has 0 radical (unpaired) electrons. The number of nitrogens with zero attached hydrogens (tertiary/aromatic N) is 2. The number of likely N-dealkylation sites (N-methyl/N-ethyl adjacent to an activating group) is 1. The third-order valence-electron chi connectivity index (χ3n) is 4.77. The number of carbonyl (C=O) groups excluding carboxylic acids is 1. The van der Waals surface area contributed by atoms with Gasteiger partial charge in [0, 0.05) is 26.2 Å². The summed E-state index contributed by atoms with van der Waals surface area (Å²) in [5.41, 5.74) is 0. The Hall–Kier alpha value is -1.40. The fourth-order valence-electron chi connectivity index (χ4n) is 3.09. The summed E-state index contributed by atoms with van der Waals surface area (Å²) in [6, 6.07) is 8.35. The minimum atomic E-state index is -3.60. The van der Waals surface area contributed by atoms with Gasteiger partial charge in [0.15, 0.2) is 14.6 Å². The molecule has 5 nitrogen and oxygen atoms in total. The Kier molecular flexibility index (Phi) is 3.99. The highest BCUT2D eigenvalue weighted by atomic mass is 32.2. The predicted molar refractivity (Wildman–Crippen MR) is 84.3 cm³/mol. The standard InChI is InChI=1S/C16H22N2O3S/c1-2-17-10-12-18(13-11-17)15(19)16(8-9-16)22(20,21)14-6-4-3-5-7-14/h3-7H,2,8-13H2,1H3. The van der Waals surface area contributed by atoms with E-state index < -0.39 is 14.6 Å². The van der Waals surface area contributed by atoms with Gasteiger partial charge in [0.05, 0.1) is 4.90 Å². The quantitative estimate of drug-likeness (QED) is 0.835. The number of rotatable bonds is 4. The van der Waals surface area contributed by atoms with Crippen molar-refractivity contribution in [3.63, 3.8) is 0 Å². The van der Waals surface area contributed by atoms with E-state index >= 15 is 0 Å². The van der Waals surface area contributed by atoms with Crippen LogP contribution >= 0.6 is 0 Å². The second kappa shape index (κ2) is 5.66. The molecule has 1 aromatic rings. The van der Waals surface area contributed by atoms with E-state index in [0.717, 1.165) is 19.6 Å². The van der Waals surface area contributed by atoms with Crippen LogP contribution in [0.2, 0.25) is 0 Å². The van der Waals surface area contributed by atoms with Crippen LogP contribution in [-0.2, 0) is 14.6 Å². The van der Waals surface area contributed by atoms with E-state index in [1.807, 2.05) is 0 Å². The first kappa shape index (κ1) is 15.5. The number of benzene rings is 1. The summed E-state index contributed by atoms with van der Waals surface area (Å²) in [5, 5.41) is 0. The molecule has 0 aromatic heterocycles. The summed E-state index contributed by atoms with van der Waals surface area (Å²) in [6.45, 7) is 5.96. The van der Waals surface area contributed by atoms with Gasteiger partial charge in [-0.05, 0) is 31.5 Å². The molecule has 6 heteroatoms. The summed E-state index contributed by atoms with van der Waals surface area (Å²) in [6.07, 6.45) is 0.883. The lowest BCUT2D eigenvalue weighted by Crippen LogP contribution is -2.53. The van der Waals surface area contributed by atoms with Crippen molar-refractivity contribution < 1.29 is 13.2 Å². The first-order valence-corrected chi connectivity index (χ1v) is 9.31. The molecular formula is C16H22N2O3S. The number of piperazine rings is 1. The average Bonchev–Trinajstić information content (AvgIpc) is 3.37. The van der Waals surface area contributed by atoms with Crippen molar-refractivity contribution in [1.29, 1.82) is 0 Å². The van der Waals surface area contributed by atoms with E-state index in [4.69, 9.17) is 0 Å². The highest BCUT2D eigenvalue weighted by Gasteiger charge is 2.62. The normalized spacial score (nSPS) is 21.6. The number of sulfone groups is 1. The maximum absolute atomic E-state index is 12.9. The monoisotopic (exact) mass is 322 g/mol. The van der Waals surface area contributed by atoms with E-state index in [9.17, 15) is 13.2 Å². The fraction of sp³-hybridized carbons (Fsp3) is 0.562. The lowest BCUT2D eigenvalue weighted by Gasteiger charge is -2.35. The number of hydrogen-bond acceptors (Lipinski definition) is 4. The molecule has 1 aliphatic heterocycles. The zero-order chi connectivity index (χ0) is 15.8. The fourth-order valence-corrected chi connectivity index (χ4v) is 5.06. The molecule has 1 amide bonds. The zero-order valence-electron chi connectivity index (χ0n) is 12.9. The summed E-state index contributed by atoms with van der Waals surface area (Å²) < 4.78 is 24.5. The Morgan fingerprint density at radius 3 is 2.18 bits per heavy atom. The average molecular weight is 322 g/mol. The highest BCUT2D eigenvalue weighted by Crippen LogP contribution is 2.48. The molecule has 22 heavy (non-hydrogen) atoms. The Morgan fingerprint density at radius 2 is 1.68 bits per heavy atom. The molecule has 0 unspecified atom stereocenters. The first-order valence-electron chi connectivity index (χ1n) is 7.83. The maximum Gasteiger partial charge on any atom is 0.244 e. The van der Waals surface area contributed by atoms with Crippen LogP contribution in [-0.4, -0.2) is 61.6 Å². The third-order valence-corrected chi connectivity index (χ3v) is 7.27. The van der Waals surface area contributed by atoms with Gasteiger partial charge in [-0.2, -0.15) is 0 Å². The Bertz CT molecular complexity index is 645. The van der Waals surface area contributed by atoms with Crippen molar-refractivity contribution in [1.82, 2.24) is 9.80 Å². The van der Waals surface area contributed by atoms with Crippen LogP contribution < -0.4 is 0 Å². The summed E-state index contributed by atoms with van der Waals surface area (Å²) in [7, 11) is -3.60. The van der Waals surface area contributed by atoms with Crippen molar-refractivity contribution in [2.24, 2.45) is 0 Å². The Balaban J connectivity index is 1.81. The van der Waals surface area contributed by atoms with Crippen molar-refractivity contribution in [2.75, 3.05) is 32.7 Å². The molecule has 1 aliphatic carbocycles. The molecular weight excluding hydrogens is 300 g/mol. The zero-order valence-corrected chi connectivity index (χ0v) is 13.7. The van der Waals surface area contributed by atoms with Crippen molar-refractivity contribution >= 4 is 15.7 Å². The molecule has 1 saturated heterocycles. The molecule has 2 aliphatic rings. The number of hydrogen-bond donors (Lipinski definition) is 0. The van der Waals surface area contributed by atoms with Crippen LogP contribution in [0.15, 0.2) is 35.2 Å². The molecule has 0 atom stereocenters. The molecule has 3 rings (SSSR count). The largest absolute Gasteiger partial charge is 0.339 e. The molecule has 120 valence electrons. The van der Waals surface area contributed by atoms with Crippen molar-refractivity contribution in [2.45, 2.75) is 29.4 Å². The summed E-state index contributed by atoms with van der Waals surface area (Å²) >= 11 is 0. The second-order valence-corrected chi connectivity index (χ2v) is 8.30. The number of amides is 1. The SMILES string of the molecule is CCN1CCN(C(=O)C2(S(=O)(=O)c3ccccc3)CC2)CC1. The van der Waals surface area contributed by atoms with Gasteiger partial charge in [-0.3, -0.25) is 4.79 Å². The van der Waals surface area contributed by atoms with E-state index in [0.29, 0.717) is 25.9 Å². The maximum atomic E-state index is 12.9. The van der Waals surface area contributed by atoms with Crippen LogP contribution in [0.5, 0.6) is 0 Å². The van der Waals surface area contributed by atoms with Crippen LogP contribution in [0.4, 0.5) is 0 Å². The van der Waals surface area contributed by atoms with Gasteiger partial charge in [-0.15, -0.1) is 0 Å². The predicted octanol–water partition coefficient (Wildman–Crippen LogP) is 1.16. The Labute approximate surface area is 131 Å². The molecule has 1 aromatic carbocycles. The topological polar surface area (TPSA) is 57.7 Å². The molecule has 1 heterocycles. The number of carbonyl (C=O) groups is 1. The van der Waals surface area contributed by atoms with Gasteiger partial charge in [0.2, 0.25) is 5.91 Å². The summed E-state index contributed by atoms with van der Waals surface area (Å²) in [5.74, 6) is -0.202. The molecule has 1 saturated carbocycles. The lowest BCUT2D eigenvalue weighted by atomic mass is 10.2. The Morgan fingerprint density at radius 1 is 1.09 bits per heavy atom. The minimum absolute atomic E-state index is 0.202. The molecule has 0 spiro atoms. The van der Waals surface area contributed by atoms with Gasteiger partial charge >= 0.3 is 0 Å². The molecule has 0 bridgehead atoms. The third kappa shape index (κ3) is 2.44.